The smallest absolute Gasteiger partial charge is 0.279 e. The molecule has 298 valence electrons. The molecule has 0 heterocycles. The Morgan fingerprint density at radius 2 is 0.500 bits per heavy atom. The van der Waals surface area contributed by atoms with Gasteiger partial charge in [-0.2, -0.15) is 0 Å². The van der Waals surface area contributed by atoms with Gasteiger partial charge in [0.25, 0.3) is 10.5 Å². The third-order valence-corrected chi connectivity index (χ3v) is 11.9. The second-order valence-corrected chi connectivity index (χ2v) is 17.3. The van der Waals surface area contributed by atoms with Gasteiger partial charge in [0.15, 0.2) is 0 Å². The average molecular weight is 741 g/mol. The number of rotatable bonds is 41. The minimum Gasteiger partial charge on any atom is -0.347 e. The molecule has 0 saturated heterocycles. The van der Waals surface area contributed by atoms with Crippen LogP contribution in [0.1, 0.15) is 245 Å². The van der Waals surface area contributed by atoms with Gasteiger partial charge in [-0.25, -0.2) is 0 Å². The zero-order valence-electron chi connectivity index (χ0n) is 33.9. The summed E-state index contributed by atoms with van der Waals surface area (Å²) in [5, 5.41) is 6.40. The van der Waals surface area contributed by atoms with Crippen LogP contribution in [0.2, 0.25) is 0 Å². The lowest BCUT2D eigenvalue weighted by atomic mass is 10.0. The van der Waals surface area contributed by atoms with Crippen LogP contribution in [0.3, 0.4) is 0 Å². The van der Waals surface area contributed by atoms with Crippen LogP contribution in [-0.2, 0) is 0 Å². The predicted molar refractivity (Wildman–Crippen MR) is 229 cm³/mol. The summed E-state index contributed by atoms with van der Waals surface area (Å²) in [5.41, 5.74) is 0. The van der Waals surface area contributed by atoms with E-state index in [0.29, 0.717) is 0 Å². The summed E-state index contributed by atoms with van der Waals surface area (Å²) in [7, 11) is 0. The van der Waals surface area contributed by atoms with E-state index in [0.717, 1.165) is 63.1 Å². The van der Waals surface area contributed by atoms with Crippen molar-refractivity contribution in [1.29, 1.82) is 0 Å². The van der Waals surface area contributed by atoms with Crippen LogP contribution in [0.15, 0.2) is 0 Å². The summed E-state index contributed by atoms with van der Waals surface area (Å²) in [6.45, 7) is 6.12. The van der Waals surface area contributed by atoms with Gasteiger partial charge in [0.2, 0.25) is 0 Å². The Labute approximate surface area is 322 Å². The van der Waals surface area contributed by atoms with Crippen molar-refractivity contribution >= 4 is 34.0 Å². The van der Waals surface area contributed by atoms with Gasteiger partial charge in [-0.1, -0.05) is 243 Å². The molecular formula is C44H88N2O2S2. The summed E-state index contributed by atoms with van der Waals surface area (Å²) in [4.78, 5) is 24.2. The molecule has 0 rings (SSSR count). The Bertz CT molecular complexity index is 622. The molecule has 0 aliphatic heterocycles. The van der Waals surface area contributed by atoms with Crippen molar-refractivity contribution in [1.82, 2.24) is 10.6 Å². The molecule has 0 spiro atoms. The van der Waals surface area contributed by atoms with E-state index < -0.39 is 0 Å². The highest BCUT2D eigenvalue weighted by Crippen LogP contribution is 2.16. The first kappa shape index (κ1) is 49.6. The van der Waals surface area contributed by atoms with E-state index in [9.17, 15) is 9.59 Å². The van der Waals surface area contributed by atoms with E-state index in [-0.39, 0.29) is 10.5 Å². The van der Waals surface area contributed by atoms with Crippen molar-refractivity contribution in [2.45, 2.75) is 245 Å². The van der Waals surface area contributed by atoms with Crippen molar-refractivity contribution in [2.24, 2.45) is 0 Å². The van der Waals surface area contributed by atoms with Crippen LogP contribution in [0.4, 0.5) is 9.59 Å². The number of carbonyl (C=O) groups is 2. The third-order valence-electron chi connectivity index (χ3n) is 10.1. The topological polar surface area (TPSA) is 58.2 Å². The van der Waals surface area contributed by atoms with Crippen molar-refractivity contribution in [3.05, 3.63) is 0 Å². The van der Waals surface area contributed by atoms with Crippen molar-refractivity contribution in [3.63, 3.8) is 0 Å². The summed E-state index contributed by atoms with van der Waals surface area (Å²) in [5.74, 6) is 1.89. The Balaban J connectivity index is 3.23. The first-order chi connectivity index (χ1) is 24.7. The Morgan fingerprint density at radius 3 is 0.740 bits per heavy atom. The second-order valence-electron chi connectivity index (χ2n) is 15.1. The lowest BCUT2D eigenvalue weighted by molar-refractivity contribution is 0.259. The highest BCUT2D eigenvalue weighted by molar-refractivity contribution is 8.13. The van der Waals surface area contributed by atoms with Crippen molar-refractivity contribution in [3.8, 4) is 0 Å². The van der Waals surface area contributed by atoms with E-state index >= 15 is 0 Å². The monoisotopic (exact) mass is 741 g/mol. The molecule has 0 aliphatic rings. The van der Waals surface area contributed by atoms with Gasteiger partial charge < -0.3 is 10.6 Å². The maximum absolute atomic E-state index is 12.1. The zero-order valence-corrected chi connectivity index (χ0v) is 35.6. The van der Waals surface area contributed by atoms with Crippen molar-refractivity contribution < 1.29 is 9.59 Å². The number of unbranched alkanes of at least 4 members (excludes halogenated alkanes) is 33. The lowest BCUT2D eigenvalue weighted by Crippen LogP contribution is -2.21. The number of nitrogens with one attached hydrogen (secondary N) is 2. The summed E-state index contributed by atoms with van der Waals surface area (Å²) in [6.07, 6.45) is 48.5. The Morgan fingerprint density at radius 1 is 0.300 bits per heavy atom. The molecule has 0 radical (unpaired) electrons. The van der Waals surface area contributed by atoms with Crippen LogP contribution < -0.4 is 10.6 Å². The van der Waals surface area contributed by atoms with E-state index in [4.69, 9.17) is 0 Å². The number of amides is 2. The maximum Gasteiger partial charge on any atom is 0.279 e. The fourth-order valence-corrected chi connectivity index (χ4v) is 8.19. The molecule has 0 fully saturated rings. The fourth-order valence-electron chi connectivity index (χ4n) is 6.72. The maximum atomic E-state index is 12.1. The molecular weight excluding hydrogens is 653 g/mol. The van der Waals surface area contributed by atoms with Gasteiger partial charge in [0.05, 0.1) is 0 Å². The van der Waals surface area contributed by atoms with Crippen LogP contribution in [-0.4, -0.2) is 35.1 Å². The number of carbonyl (C=O) groups excluding carboxylic acids is 2. The predicted octanol–water partition coefficient (Wildman–Crippen LogP) is 16.0. The van der Waals surface area contributed by atoms with Crippen LogP contribution in [0, 0.1) is 0 Å². The summed E-state index contributed by atoms with van der Waals surface area (Å²) < 4.78 is 0. The Hall–Kier alpha value is -0.360. The lowest BCUT2D eigenvalue weighted by Gasteiger charge is -2.06. The van der Waals surface area contributed by atoms with E-state index in [1.165, 1.54) is 216 Å². The molecule has 0 aromatic heterocycles. The summed E-state index contributed by atoms with van der Waals surface area (Å²) >= 11 is 2.91. The largest absolute Gasteiger partial charge is 0.347 e. The molecule has 0 aliphatic carbocycles. The van der Waals surface area contributed by atoms with Gasteiger partial charge in [-0.3, -0.25) is 9.59 Å². The van der Waals surface area contributed by atoms with Gasteiger partial charge >= 0.3 is 0 Å². The summed E-state index contributed by atoms with van der Waals surface area (Å²) in [6, 6.07) is 0. The highest BCUT2D eigenvalue weighted by Gasteiger charge is 2.03. The van der Waals surface area contributed by atoms with Gasteiger partial charge in [-0.15, -0.1) is 0 Å². The van der Waals surface area contributed by atoms with Crippen LogP contribution in [0.25, 0.3) is 0 Å². The Kier molecular flexibility index (Phi) is 44.5. The number of thioether (sulfide) groups is 2. The molecule has 0 aromatic rings. The fraction of sp³-hybridized carbons (Fsp3) is 0.955. The second kappa shape index (κ2) is 44.8. The first-order valence-electron chi connectivity index (χ1n) is 22.5. The van der Waals surface area contributed by atoms with Gasteiger partial charge in [-0.05, 0) is 25.7 Å². The highest BCUT2D eigenvalue weighted by atomic mass is 32.2. The minimum atomic E-state index is 0.139. The molecule has 6 heteroatoms. The first-order valence-corrected chi connectivity index (χ1v) is 24.5. The van der Waals surface area contributed by atoms with Crippen LogP contribution >= 0.6 is 23.5 Å². The molecule has 0 saturated carbocycles. The molecule has 0 aromatic carbocycles. The number of hydrogen-bond donors (Lipinski definition) is 2. The van der Waals surface area contributed by atoms with E-state index in [2.05, 4.69) is 24.5 Å². The number of hydrogen-bond acceptors (Lipinski definition) is 4. The minimum absolute atomic E-state index is 0.139. The molecule has 0 bridgehead atoms. The molecule has 2 N–H and O–H groups in total. The van der Waals surface area contributed by atoms with E-state index in [1.54, 1.807) is 0 Å². The molecule has 0 unspecified atom stereocenters. The van der Waals surface area contributed by atoms with E-state index in [1.807, 2.05) is 0 Å². The average Bonchev–Trinajstić information content (AvgIpc) is 3.12. The van der Waals surface area contributed by atoms with Crippen LogP contribution in [0.5, 0.6) is 0 Å². The zero-order chi connectivity index (χ0) is 36.3. The molecule has 4 nitrogen and oxygen atoms in total. The van der Waals surface area contributed by atoms with Gasteiger partial charge in [0, 0.05) is 24.6 Å². The van der Waals surface area contributed by atoms with Gasteiger partial charge in [0.1, 0.15) is 0 Å². The quantitative estimate of drug-likeness (QED) is 0.0613. The SMILES string of the molecule is CCCCCCCCCCCCCCCCCCSC(=O)NCCCCCCNC(=O)SCCCCCCCCCCCCCCCCCC. The standard InChI is InChI=1S/C44H88N2O2S2/c1-3-5-7-9-11-13-15-17-19-21-23-25-27-29-33-37-41-49-43(47)45-39-35-31-32-36-40-46-44(48)50-42-38-34-30-28-26-24-22-20-18-16-14-12-10-8-6-4-2/h3-42H2,1-2H3,(H,45,47)(H,46,48). The van der Waals surface area contributed by atoms with Crippen molar-refractivity contribution in [2.75, 3.05) is 24.6 Å². The molecule has 2 amide bonds. The normalized spacial score (nSPS) is 11.3. The third kappa shape index (κ3) is 43.8. The molecule has 50 heavy (non-hydrogen) atoms. The molecule has 0 atom stereocenters.